The van der Waals surface area contributed by atoms with Crippen LogP contribution in [-0.4, -0.2) is 118 Å². The van der Waals surface area contributed by atoms with Gasteiger partial charge in [-0.1, -0.05) is 48.0 Å². The summed E-state index contributed by atoms with van der Waals surface area (Å²) in [6.45, 7) is 9.36. The number of nitrogens with one attached hydrogen (secondary N) is 4. The maximum absolute atomic E-state index is 14.3. The number of amides is 5. The third kappa shape index (κ3) is 13.3. The molecule has 1 fully saturated rings. The van der Waals surface area contributed by atoms with Crippen LogP contribution in [0.1, 0.15) is 63.8 Å². The number of rotatable bonds is 20. The number of benzene rings is 3. The minimum absolute atomic E-state index is 0.0332. The van der Waals surface area contributed by atoms with Gasteiger partial charge in [0.15, 0.2) is 12.4 Å². The number of unbranched alkanes of at least 4 members (excludes halogenated alkanes) is 1. The SMILES string of the molecule is CO[C@@H]1O[C@H](C(=O)NCCCC[C@@H](NC(=O)[C@@H](N)Cc2c(C)cc(O)cc2C)C(=O)N[C@@H](Cc2c(C)cc(C)cc2C)C(=O)N[C@@H](Cc2ccccc2)C(N)=O)[C@@H](O)[C@H](O)[C@H]1O. The van der Waals surface area contributed by atoms with Crippen LogP contribution in [0.25, 0.3) is 0 Å². The summed E-state index contributed by atoms with van der Waals surface area (Å²) in [6, 6.07) is 11.4. The molecule has 5 amide bonds. The number of carbonyl (C=O) groups is 5. The first-order chi connectivity index (χ1) is 29.3. The lowest BCUT2D eigenvalue weighted by atomic mass is 9.93. The van der Waals surface area contributed by atoms with Gasteiger partial charge in [0.2, 0.25) is 23.6 Å². The molecule has 0 radical (unpaired) electrons. The van der Waals surface area contributed by atoms with E-state index in [0.717, 1.165) is 44.5 Å². The molecule has 0 aliphatic carbocycles. The Morgan fingerprint density at radius 1 is 0.710 bits per heavy atom. The van der Waals surface area contributed by atoms with Gasteiger partial charge in [-0.25, -0.2) is 0 Å². The number of ether oxygens (including phenoxy) is 2. The molecular formula is C45H62N6O11. The van der Waals surface area contributed by atoms with Gasteiger partial charge in [0.05, 0.1) is 6.04 Å². The lowest BCUT2D eigenvalue weighted by molar-refractivity contribution is -0.283. The summed E-state index contributed by atoms with van der Waals surface area (Å²) in [5.41, 5.74) is 18.7. The van der Waals surface area contributed by atoms with Crippen LogP contribution in [0.3, 0.4) is 0 Å². The number of aliphatic hydroxyl groups is 3. The lowest BCUT2D eigenvalue weighted by Gasteiger charge is -2.38. The molecule has 0 aromatic heterocycles. The van der Waals surface area contributed by atoms with Crippen LogP contribution in [-0.2, 0) is 52.7 Å². The molecule has 0 saturated carbocycles. The lowest BCUT2D eigenvalue weighted by Crippen LogP contribution is -2.61. The Morgan fingerprint density at radius 3 is 1.85 bits per heavy atom. The van der Waals surface area contributed by atoms with Gasteiger partial charge in [0.25, 0.3) is 5.91 Å². The van der Waals surface area contributed by atoms with E-state index < -0.39 is 84.4 Å². The van der Waals surface area contributed by atoms with Gasteiger partial charge in [-0.05, 0) is 111 Å². The molecule has 338 valence electrons. The van der Waals surface area contributed by atoms with Crippen molar-refractivity contribution in [3.8, 4) is 5.75 Å². The molecule has 1 aliphatic heterocycles. The van der Waals surface area contributed by atoms with E-state index >= 15 is 0 Å². The number of hydrogen-bond acceptors (Lipinski definition) is 12. The van der Waals surface area contributed by atoms with Crippen molar-refractivity contribution >= 4 is 29.5 Å². The number of aromatic hydroxyl groups is 1. The summed E-state index contributed by atoms with van der Waals surface area (Å²) >= 11 is 0. The van der Waals surface area contributed by atoms with Crippen LogP contribution in [0.4, 0.5) is 0 Å². The van der Waals surface area contributed by atoms with E-state index in [1.165, 1.54) is 7.11 Å². The number of primary amides is 1. The minimum Gasteiger partial charge on any atom is -0.508 e. The molecule has 0 unspecified atom stereocenters. The Morgan fingerprint density at radius 2 is 1.26 bits per heavy atom. The molecule has 4 rings (SSSR count). The van der Waals surface area contributed by atoms with Crippen molar-refractivity contribution in [2.45, 2.75) is 128 Å². The molecule has 3 aromatic rings. The average molecular weight is 863 g/mol. The normalized spacial score (nSPS) is 20.6. The summed E-state index contributed by atoms with van der Waals surface area (Å²) in [4.78, 5) is 67.8. The molecule has 17 heteroatoms. The molecule has 1 saturated heterocycles. The van der Waals surface area contributed by atoms with Gasteiger partial charge in [0, 0.05) is 26.5 Å². The summed E-state index contributed by atoms with van der Waals surface area (Å²) in [5.74, 6) is -3.48. The van der Waals surface area contributed by atoms with Crippen molar-refractivity contribution in [2.24, 2.45) is 11.5 Å². The van der Waals surface area contributed by atoms with E-state index in [2.05, 4.69) is 21.3 Å². The summed E-state index contributed by atoms with van der Waals surface area (Å²) < 4.78 is 10.3. The maximum Gasteiger partial charge on any atom is 0.252 e. The first kappa shape index (κ1) is 49.2. The second kappa shape index (κ2) is 22.6. The first-order valence-electron chi connectivity index (χ1n) is 20.7. The summed E-state index contributed by atoms with van der Waals surface area (Å²) in [7, 11) is 1.21. The Balaban J connectivity index is 1.55. The third-order valence-electron chi connectivity index (χ3n) is 11.2. The van der Waals surface area contributed by atoms with Gasteiger partial charge in [-0.15, -0.1) is 0 Å². The van der Waals surface area contributed by atoms with Crippen LogP contribution in [0, 0.1) is 34.6 Å². The topological polar surface area (TPSA) is 285 Å². The van der Waals surface area contributed by atoms with E-state index in [9.17, 15) is 44.4 Å². The van der Waals surface area contributed by atoms with Crippen molar-refractivity contribution in [1.29, 1.82) is 0 Å². The standard InChI is InChI=1S/C45H62N6O11/c1-23-16-24(2)31(25(3)17-23)22-35(43(59)50-34(40(47)56)20-28-12-8-7-9-13-28)51-42(58)33(49-41(57)32(46)21-30-26(4)18-29(52)19-27(30)5)14-10-11-15-48-44(60)39-37(54)36(53)38(55)45(61-6)62-39/h7-9,12-13,16-19,32-39,45,52-55H,10-11,14-15,20-22,46H2,1-6H3,(H2,47,56)(H,48,60)(H,49,57)(H,50,59)(H,51,58)/t32-,33+,34-,35-,36-,37-,38+,39-,45+/m0/s1. The molecule has 3 aromatic carbocycles. The van der Waals surface area contributed by atoms with Crippen LogP contribution < -0.4 is 32.7 Å². The number of aryl methyl sites for hydroxylation is 5. The van der Waals surface area contributed by atoms with Crippen molar-refractivity contribution in [2.75, 3.05) is 13.7 Å². The molecule has 1 heterocycles. The largest absolute Gasteiger partial charge is 0.508 e. The molecular weight excluding hydrogens is 801 g/mol. The number of phenols is 1. The number of methoxy groups -OCH3 is 1. The highest BCUT2D eigenvalue weighted by molar-refractivity contribution is 5.95. The van der Waals surface area contributed by atoms with Crippen LogP contribution >= 0.6 is 0 Å². The minimum atomic E-state index is -1.73. The van der Waals surface area contributed by atoms with E-state index in [0.29, 0.717) is 0 Å². The Hall–Kier alpha value is -5.43. The maximum atomic E-state index is 14.3. The van der Waals surface area contributed by atoms with Crippen LogP contribution in [0.5, 0.6) is 5.75 Å². The summed E-state index contributed by atoms with van der Waals surface area (Å²) in [5, 5.41) is 51.6. The van der Waals surface area contributed by atoms with Gasteiger partial charge < -0.3 is 62.6 Å². The van der Waals surface area contributed by atoms with Crippen molar-refractivity contribution in [3.63, 3.8) is 0 Å². The van der Waals surface area contributed by atoms with E-state index in [4.69, 9.17) is 20.9 Å². The molecule has 0 bridgehead atoms. The molecule has 0 spiro atoms. The molecule has 62 heavy (non-hydrogen) atoms. The number of aliphatic hydroxyl groups excluding tert-OH is 3. The molecule has 17 nitrogen and oxygen atoms in total. The quantitative estimate of drug-likeness (QED) is 0.0671. The predicted octanol–water partition coefficient (Wildman–Crippen LogP) is -0.0303. The van der Waals surface area contributed by atoms with E-state index in [1.807, 2.05) is 39.0 Å². The smallest absolute Gasteiger partial charge is 0.252 e. The van der Waals surface area contributed by atoms with Gasteiger partial charge >= 0.3 is 0 Å². The Labute approximate surface area is 361 Å². The highest BCUT2D eigenvalue weighted by atomic mass is 16.7. The highest BCUT2D eigenvalue weighted by Gasteiger charge is 2.47. The second-order valence-electron chi connectivity index (χ2n) is 16.1. The van der Waals surface area contributed by atoms with Gasteiger partial charge in [0.1, 0.15) is 42.2 Å². The Kier molecular flexibility index (Phi) is 17.9. The van der Waals surface area contributed by atoms with Gasteiger partial charge in [-0.3, -0.25) is 24.0 Å². The Bertz CT molecular complexity index is 2000. The van der Waals surface area contributed by atoms with E-state index in [-0.39, 0.29) is 50.8 Å². The highest BCUT2D eigenvalue weighted by Crippen LogP contribution is 2.24. The van der Waals surface area contributed by atoms with Crippen molar-refractivity contribution < 1.29 is 53.9 Å². The number of hydrogen-bond donors (Lipinski definition) is 10. The number of carbonyl (C=O) groups excluding carboxylic acids is 5. The zero-order valence-corrected chi connectivity index (χ0v) is 36.1. The van der Waals surface area contributed by atoms with E-state index in [1.54, 1.807) is 50.2 Å². The zero-order valence-electron chi connectivity index (χ0n) is 36.1. The first-order valence-corrected chi connectivity index (χ1v) is 20.7. The van der Waals surface area contributed by atoms with Crippen molar-refractivity contribution in [1.82, 2.24) is 21.3 Å². The fourth-order valence-electron chi connectivity index (χ4n) is 7.76. The average Bonchev–Trinajstić information content (AvgIpc) is 3.21. The molecule has 9 atom stereocenters. The van der Waals surface area contributed by atoms with Gasteiger partial charge in [-0.2, -0.15) is 0 Å². The predicted molar refractivity (Wildman–Crippen MR) is 229 cm³/mol. The molecule has 12 N–H and O–H groups in total. The van der Waals surface area contributed by atoms with Crippen molar-refractivity contribution in [3.05, 3.63) is 99.1 Å². The third-order valence-corrected chi connectivity index (χ3v) is 11.2. The second-order valence-corrected chi connectivity index (χ2v) is 16.1. The van der Waals surface area contributed by atoms with Crippen LogP contribution in [0.2, 0.25) is 0 Å². The fraction of sp³-hybridized carbons (Fsp3) is 0.489. The zero-order chi connectivity index (χ0) is 45.8. The molecule has 1 aliphatic rings. The van der Waals surface area contributed by atoms with Crippen LogP contribution in [0.15, 0.2) is 54.6 Å². The fourth-order valence-corrected chi connectivity index (χ4v) is 7.76. The number of nitrogens with two attached hydrogens (primary N) is 2. The number of phenolic OH excluding ortho intramolecular Hbond substituents is 1. The monoisotopic (exact) mass is 862 g/mol. The summed E-state index contributed by atoms with van der Waals surface area (Å²) in [6.07, 6.45) is -7.07.